The molecule has 9 heteroatoms. The van der Waals surface area contributed by atoms with E-state index in [0.29, 0.717) is 26.0 Å². The fourth-order valence-electron chi connectivity index (χ4n) is 2.68. The van der Waals surface area contributed by atoms with Crippen LogP contribution in [0.3, 0.4) is 0 Å². The van der Waals surface area contributed by atoms with E-state index in [-0.39, 0.29) is 25.3 Å². The highest BCUT2D eigenvalue weighted by Crippen LogP contribution is 2.19. The summed E-state index contributed by atoms with van der Waals surface area (Å²) in [5.74, 6) is -0.825. The number of amides is 2. The molecule has 2 atom stereocenters. The highest BCUT2D eigenvalue weighted by molar-refractivity contribution is 7.92. The molecular formula is C12H20N2O6S. The van der Waals surface area contributed by atoms with Crippen LogP contribution in [0.25, 0.3) is 0 Å². The summed E-state index contributed by atoms with van der Waals surface area (Å²) in [6, 6.07) is -0.942. The van der Waals surface area contributed by atoms with Crippen LogP contribution in [0.2, 0.25) is 0 Å². The number of carbonyl (C=O) groups excluding carboxylic acids is 1. The van der Waals surface area contributed by atoms with Crippen LogP contribution < -0.4 is 5.32 Å². The molecule has 0 aliphatic carbocycles. The molecule has 2 amide bonds. The van der Waals surface area contributed by atoms with Crippen molar-refractivity contribution in [3.05, 3.63) is 0 Å². The van der Waals surface area contributed by atoms with Crippen molar-refractivity contribution < 1.29 is 27.9 Å². The third kappa shape index (κ3) is 4.07. The molecule has 2 unspecified atom stereocenters. The van der Waals surface area contributed by atoms with Gasteiger partial charge in [0, 0.05) is 13.1 Å². The molecule has 2 fully saturated rings. The minimum atomic E-state index is -3.10. The van der Waals surface area contributed by atoms with E-state index < -0.39 is 33.1 Å². The molecule has 8 nitrogen and oxygen atoms in total. The van der Waals surface area contributed by atoms with Gasteiger partial charge in [-0.05, 0) is 12.8 Å². The highest BCUT2D eigenvalue weighted by atomic mass is 32.2. The zero-order chi connectivity index (χ0) is 15.5. The van der Waals surface area contributed by atoms with Crippen LogP contribution in [-0.2, 0) is 19.4 Å². The number of nitrogens with one attached hydrogen (secondary N) is 1. The standard InChI is InChI=1S/C12H20N2O6S/c15-11(16)6-9-8-20-4-3-14(9)12(17)13-7-10-2-1-5-21(10,18)19/h9-10H,1-8H2,(H,13,17)(H,15,16). The molecule has 2 aliphatic rings. The molecule has 2 aliphatic heterocycles. The first-order valence-electron chi connectivity index (χ1n) is 6.96. The average molecular weight is 320 g/mol. The summed E-state index contributed by atoms with van der Waals surface area (Å²) in [6.07, 6.45) is 1.00. The van der Waals surface area contributed by atoms with Crippen LogP contribution >= 0.6 is 0 Å². The summed E-state index contributed by atoms with van der Waals surface area (Å²) in [5.41, 5.74) is 0. The predicted octanol–water partition coefficient (Wildman–Crippen LogP) is -0.551. The van der Waals surface area contributed by atoms with Crippen LogP contribution in [0.4, 0.5) is 4.79 Å². The topological polar surface area (TPSA) is 113 Å². The third-order valence-corrected chi connectivity index (χ3v) is 6.12. The van der Waals surface area contributed by atoms with Crippen LogP contribution in [-0.4, -0.2) is 73.8 Å². The van der Waals surface area contributed by atoms with Crippen LogP contribution in [0.1, 0.15) is 19.3 Å². The van der Waals surface area contributed by atoms with Crippen molar-refractivity contribution in [2.24, 2.45) is 0 Å². The lowest BCUT2D eigenvalue weighted by atomic mass is 10.1. The van der Waals surface area contributed by atoms with Gasteiger partial charge in [-0.25, -0.2) is 13.2 Å². The first kappa shape index (κ1) is 16.0. The maximum Gasteiger partial charge on any atom is 0.317 e. The fraction of sp³-hybridized carbons (Fsp3) is 0.833. The fourth-order valence-corrected chi connectivity index (χ4v) is 4.45. The van der Waals surface area contributed by atoms with Gasteiger partial charge in [0.2, 0.25) is 0 Å². The largest absolute Gasteiger partial charge is 0.481 e. The number of ether oxygens (including phenoxy) is 1. The van der Waals surface area contributed by atoms with E-state index in [4.69, 9.17) is 9.84 Å². The van der Waals surface area contributed by atoms with Crippen LogP contribution in [0, 0.1) is 0 Å². The minimum absolute atomic E-state index is 0.0817. The molecule has 2 heterocycles. The monoisotopic (exact) mass is 320 g/mol. The van der Waals surface area contributed by atoms with Gasteiger partial charge in [0.05, 0.1) is 36.7 Å². The van der Waals surface area contributed by atoms with Crippen LogP contribution in [0.15, 0.2) is 0 Å². The Balaban J connectivity index is 1.90. The lowest BCUT2D eigenvalue weighted by molar-refractivity contribution is -0.139. The highest BCUT2D eigenvalue weighted by Gasteiger charge is 2.33. The molecule has 0 saturated carbocycles. The zero-order valence-electron chi connectivity index (χ0n) is 11.7. The van der Waals surface area contributed by atoms with Crippen molar-refractivity contribution in [2.45, 2.75) is 30.6 Å². The van der Waals surface area contributed by atoms with E-state index >= 15 is 0 Å². The maximum absolute atomic E-state index is 12.1. The second-order valence-electron chi connectivity index (χ2n) is 5.34. The number of rotatable bonds is 4. The Morgan fingerprint density at radius 2 is 2.14 bits per heavy atom. The van der Waals surface area contributed by atoms with Crippen molar-refractivity contribution >= 4 is 21.8 Å². The van der Waals surface area contributed by atoms with Crippen molar-refractivity contribution in [3.8, 4) is 0 Å². The molecule has 0 aromatic heterocycles. The molecule has 0 bridgehead atoms. The van der Waals surface area contributed by atoms with Gasteiger partial charge >= 0.3 is 12.0 Å². The van der Waals surface area contributed by atoms with Gasteiger partial charge in [-0.15, -0.1) is 0 Å². The number of carbonyl (C=O) groups is 2. The summed E-state index contributed by atoms with van der Waals surface area (Å²) in [5, 5.41) is 10.9. The van der Waals surface area contributed by atoms with E-state index in [0.717, 1.165) is 0 Å². The van der Waals surface area contributed by atoms with Crippen molar-refractivity contribution in [3.63, 3.8) is 0 Å². The molecule has 2 rings (SSSR count). The Labute approximate surface area is 123 Å². The Kier molecular flexibility index (Phi) is 5.04. The van der Waals surface area contributed by atoms with Crippen molar-refractivity contribution in [1.82, 2.24) is 10.2 Å². The third-order valence-electron chi connectivity index (χ3n) is 3.84. The number of morpholine rings is 1. The molecule has 21 heavy (non-hydrogen) atoms. The first-order valence-corrected chi connectivity index (χ1v) is 8.67. The molecule has 0 radical (unpaired) electrons. The van der Waals surface area contributed by atoms with Gasteiger partial charge in [-0.3, -0.25) is 4.79 Å². The number of hydrogen-bond donors (Lipinski definition) is 2. The van der Waals surface area contributed by atoms with Gasteiger partial charge in [0.25, 0.3) is 0 Å². The van der Waals surface area contributed by atoms with Gasteiger partial charge in [-0.2, -0.15) is 0 Å². The second kappa shape index (κ2) is 6.61. The molecule has 0 aromatic carbocycles. The number of carboxylic acid groups (broad SMARTS) is 1. The molecular weight excluding hydrogens is 300 g/mol. The first-order chi connectivity index (χ1) is 9.90. The maximum atomic E-state index is 12.1. The summed E-state index contributed by atoms with van der Waals surface area (Å²) in [4.78, 5) is 24.3. The molecule has 120 valence electrons. The lowest BCUT2D eigenvalue weighted by Gasteiger charge is -2.35. The number of hydrogen-bond acceptors (Lipinski definition) is 5. The smallest absolute Gasteiger partial charge is 0.317 e. The number of urea groups is 1. The number of carboxylic acids is 1. The van der Waals surface area contributed by atoms with Crippen LogP contribution in [0.5, 0.6) is 0 Å². The quantitative estimate of drug-likeness (QED) is 0.718. The summed E-state index contributed by atoms with van der Waals surface area (Å²) in [7, 11) is -3.10. The zero-order valence-corrected chi connectivity index (χ0v) is 12.5. The van der Waals surface area contributed by atoms with E-state index in [9.17, 15) is 18.0 Å². The SMILES string of the molecule is O=C(O)CC1COCCN1C(=O)NCC1CCCS1(=O)=O. The summed E-state index contributed by atoms with van der Waals surface area (Å²) in [6.45, 7) is 0.923. The van der Waals surface area contributed by atoms with Gasteiger partial charge < -0.3 is 20.1 Å². The normalized spacial score (nSPS) is 28.3. The van der Waals surface area contributed by atoms with Gasteiger partial charge in [0.1, 0.15) is 0 Å². The number of aliphatic carboxylic acids is 1. The molecule has 0 spiro atoms. The van der Waals surface area contributed by atoms with E-state index in [1.165, 1.54) is 4.90 Å². The Morgan fingerprint density at radius 1 is 1.38 bits per heavy atom. The van der Waals surface area contributed by atoms with E-state index in [2.05, 4.69) is 5.32 Å². The van der Waals surface area contributed by atoms with Gasteiger partial charge in [0.15, 0.2) is 9.84 Å². The average Bonchev–Trinajstić information content (AvgIpc) is 2.75. The lowest BCUT2D eigenvalue weighted by Crippen LogP contribution is -2.54. The molecule has 0 aromatic rings. The summed E-state index contributed by atoms with van der Waals surface area (Å²) < 4.78 is 28.6. The van der Waals surface area contributed by atoms with Crippen molar-refractivity contribution in [1.29, 1.82) is 0 Å². The molecule has 2 saturated heterocycles. The van der Waals surface area contributed by atoms with E-state index in [1.54, 1.807) is 0 Å². The van der Waals surface area contributed by atoms with Gasteiger partial charge in [-0.1, -0.05) is 0 Å². The van der Waals surface area contributed by atoms with Crippen molar-refractivity contribution in [2.75, 3.05) is 32.1 Å². The number of nitrogens with zero attached hydrogens (tertiary/aromatic N) is 1. The summed E-state index contributed by atoms with van der Waals surface area (Å²) >= 11 is 0. The number of sulfone groups is 1. The Hall–Kier alpha value is -1.35. The second-order valence-corrected chi connectivity index (χ2v) is 7.74. The minimum Gasteiger partial charge on any atom is -0.481 e. The Bertz CT molecular complexity index is 506. The molecule has 2 N–H and O–H groups in total. The van der Waals surface area contributed by atoms with E-state index in [1.807, 2.05) is 0 Å². The predicted molar refractivity (Wildman–Crippen MR) is 73.8 cm³/mol. The Morgan fingerprint density at radius 3 is 2.76 bits per heavy atom.